The highest BCUT2D eigenvalue weighted by atomic mass is 16.5. The number of aliphatic carboxylic acids is 1. The lowest BCUT2D eigenvalue weighted by Crippen LogP contribution is -2.41. The number of hydrogen-bond acceptors (Lipinski definition) is 5. The smallest absolute Gasteiger partial charge is 0.407 e. The zero-order valence-electron chi connectivity index (χ0n) is 19.8. The molecule has 0 saturated heterocycles. The van der Waals surface area contributed by atoms with Crippen LogP contribution < -0.4 is 10.6 Å². The molecule has 2 unspecified atom stereocenters. The summed E-state index contributed by atoms with van der Waals surface area (Å²) in [6.07, 6.45) is 0.888. The monoisotopic (exact) mass is 476 g/mol. The third-order valence-corrected chi connectivity index (χ3v) is 6.49. The fraction of sp³-hybridized carbons (Fsp3) is 0.308. The number of amides is 2. The van der Waals surface area contributed by atoms with Crippen LogP contribution >= 0.6 is 0 Å². The first-order valence-corrected chi connectivity index (χ1v) is 11.4. The SMILES string of the molecule is CC(NC(=O)c1c(CNC(=O)OCC2c3ccccc3-c3ccccc32)cnn1C)C(C)C(=O)O. The molecular formula is C26H28N4O5. The molecule has 3 aromatic rings. The Kier molecular flexibility index (Phi) is 6.86. The highest BCUT2D eigenvalue weighted by Gasteiger charge is 2.29. The Hall–Kier alpha value is -4.14. The van der Waals surface area contributed by atoms with Gasteiger partial charge in [-0.15, -0.1) is 0 Å². The van der Waals surface area contributed by atoms with E-state index in [0.29, 0.717) is 5.56 Å². The fourth-order valence-electron chi connectivity index (χ4n) is 4.34. The number of carboxylic acids is 1. The molecule has 0 aliphatic heterocycles. The number of carbonyl (C=O) groups excluding carboxylic acids is 2. The van der Waals surface area contributed by atoms with Crippen molar-refractivity contribution in [3.63, 3.8) is 0 Å². The number of aryl methyl sites for hydroxylation is 1. The Morgan fingerprint density at radius 1 is 1.06 bits per heavy atom. The highest BCUT2D eigenvalue weighted by molar-refractivity contribution is 5.94. The maximum absolute atomic E-state index is 12.8. The third kappa shape index (κ3) is 4.89. The lowest BCUT2D eigenvalue weighted by atomic mass is 9.98. The van der Waals surface area contributed by atoms with Gasteiger partial charge in [-0.1, -0.05) is 48.5 Å². The molecule has 2 atom stereocenters. The molecule has 1 aliphatic carbocycles. The van der Waals surface area contributed by atoms with Gasteiger partial charge in [-0.05, 0) is 36.1 Å². The van der Waals surface area contributed by atoms with Gasteiger partial charge >= 0.3 is 12.1 Å². The van der Waals surface area contributed by atoms with Crippen LogP contribution in [-0.2, 0) is 23.1 Å². The standard InChI is InChI=1S/C26H28N4O5/c1-15(25(32)33)16(2)29-24(31)23-17(13-28-30(23)3)12-27-26(34)35-14-22-20-10-6-4-8-18(20)19-9-5-7-11-21(19)22/h4-11,13,15-16,22H,12,14H2,1-3H3,(H,27,34)(H,29,31)(H,32,33). The van der Waals surface area contributed by atoms with Crippen molar-refractivity contribution in [3.8, 4) is 11.1 Å². The lowest BCUT2D eigenvalue weighted by molar-refractivity contribution is -0.141. The second kappa shape index (κ2) is 10.0. The van der Waals surface area contributed by atoms with Gasteiger partial charge in [0.25, 0.3) is 5.91 Å². The number of carboxylic acid groups (broad SMARTS) is 1. The van der Waals surface area contributed by atoms with Gasteiger partial charge < -0.3 is 20.5 Å². The van der Waals surface area contributed by atoms with Crippen LogP contribution in [0.5, 0.6) is 0 Å². The Morgan fingerprint density at radius 3 is 2.26 bits per heavy atom. The van der Waals surface area contributed by atoms with E-state index in [0.717, 1.165) is 22.3 Å². The zero-order valence-corrected chi connectivity index (χ0v) is 19.8. The summed E-state index contributed by atoms with van der Waals surface area (Å²) in [5, 5.41) is 18.6. The van der Waals surface area contributed by atoms with Crippen molar-refractivity contribution < 1.29 is 24.2 Å². The molecular weight excluding hydrogens is 448 g/mol. The molecule has 182 valence electrons. The van der Waals surface area contributed by atoms with Gasteiger partial charge in [0, 0.05) is 24.6 Å². The molecule has 0 saturated carbocycles. The molecule has 1 aliphatic rings. The number of rotatable bonds is 8. The van der Waals surface area contributed by atoms with Gasteiger partial charge in [-0.25, -0.2) is 4.79 Å². The van der Waals surface area contributed by atoms with Crippen molar-refractivity contribution >= 4 is 18.0 Å². The second-order valence-corrected chi connectivity index (χ2v) is 8.71. The predicted molar refractivity (Wildman–Crippen MR) is 129 cm³/mol. The van der Waals surface area contributed by atoms with Crippen LogP contribution in [0.15, 0.2) is 54.7 Å². The van der Waals surface area contributed by atoms with E-state index >= 15 is 0 Å². The minimum absolute atomic E-state index is 0.0378. The van der Waals surface area contributed by atoms with Crippen LogP contribution in [0.3, 0.4) is 0 Å². The number of aromatic nitrogens is 2. The molecule has 9 heteroatoms. The summed E-state index contributed by atoms with van der Waals surface area (Å²) in [4.78, 5) is 36.4. The van der Waals surface area contributed by atoms with Crippen molar-refractivity contribution in [3.05, 3.63) is 77.1 Å². The first kappa shape index (κ1) is 24.0. The number of hydrogen-bond donors (Lipinski definition) is 3. The molecule has 0 spiro atoms. The summed E-state index contributed by atoms with van der Waals surface area (Å²) in [7, 11) is 1.61. The summed E-state index contributed by atoms with van der Waals surface area (Å²) < 4.78 is 6.94. The maximum Gasteiger partial charge on any atom is 0.407 e. The van der Waals surface area contributed by atoms with Crippen molar-refractivity contribution in [1.82, 2.24) is 20.4 Å². The molecule has 1 heterocycles. The van der Waals surface area contributed by atoms with Gasteiger partial charge in [-0.2, -0.15) is 5.10 Å². The molecule has 9 nitrogen and oxygen atoms in total. The Labute approximate surface area is 203 Å². The molecule has 0 bridgehead atoms. The normalized spacial score (nSPS) is 13.9. The van der Waals surface area contributed by atoms with E-state index in [1.54, 1.807) is 14.0 Å². The summed E-state index contributed by atoms with van der Waals surface area (Å²) in [5.74, 6) is -2.27. The number of carbonyl (C=O) groups is 3. The van der Waals surface area contributed by atoms with Crippen LogP contribution in [0, 0.1) is 5.92 Å². The van der Waals surface area contributed by atoms with Gasteiger partial charge in [0.1, 0.15) is 12.3 Å². The maximum atomic E-state index is 12.8. The van der Waals surface area contributed by atoms with Gasteiger partial charge in [0.15, 0.2) is 0 Å². The van der Waals surface area contributed by atoms with E-state index < -0.39 is 29.9 Å². The van der Waals surface area contributed by atoms with E-state index in [4.69, 9.17) is 9.84 Å². The average molecular weight is 477 g/mol. The van der Waals surface area contributed by atoms with E-state index in [1.807, 2.05) is 36.4 Å². The van der Waals surface area contributed by atoms with Crippen molar-refractivity contribution in [2.75, 3.05) is 6.61 Å². The molecule has 0 fully saturated rings. The van der Waals surface area contributed by atoms with Crippen LogP contribution in [0.2, 0.25) is 0 Å². The molecule has 3 N–H and O–H groups in total. The molecule has 2 amide bonds. The summed E-state index contributed by atoms with van der Waals surface area (Å²) in [6.45, 7) is 3.37. The highest BCUT2D eigenvalue weighted by Crippen LogP contribution is 2.44. The molecule has 4 rings (SSSR count). The number of fused-ring (bicyclic) bond motifs is 3. The van der Waals surface area contributed by atoms with Crippen molar-refractivity contribution in [2.45, 2.75) is 32.4 Å². The van der Waals surface area contributed by atoms with Crippen LogP contribution in [0.25, 0.3) is 11.1 Å². The van der Waals surface area contributed by atoms with E-state index in [2.05, 4.69) is 27.9 Å². The number of nitrogens with zero attached hydrogens (tertiary/aromatic N) is 2. The number of nitrogens with one attached hydrogen (secondary N) is 2. The molecule has 1 aromatic heterocycles. The fourth-order valence-corrected chi connectivity index (χ4v) is 4.34. The minimum atomic E-state index is -1.00. The summed E-state index contributed by atoms with van der Waals surface area (Å²) in [5.41, 5.74) is 5.28. The van der Waals surface area contributed by atoms with Crippen LogP contribution in [0.1, 0.15) is 46.9 Å². The third-order valence-electron chi connectivity index (χ3n) is 6.49. The lowest BCUT2D eigenvalue weighted by Gasteiger charge is -2.18. The van der Waals surface area contributed by atoms with E-state index in [1.165, 1.54) is 17.8 Å². The number of ether oxygens (including phenoxy) is 1. The Balaban J connectivity index is 1.37. The minimum Gasteiger partial charge on any atom is -0.481 e. The topological polar surface area (TPSA) is 123 Å². The summed E-state index contributed by atoms with van der Waals surface area (Å²) >= 11 is 0. The Bertz CT molecular complexity index is 1220. The van der Waals surface area contributed by atoms with Crippen LogP contribution in [0.4, 0.5) is 4.79 Å². The van der Waals surface area contributed by atoms with Gasteiger partial charge in [0.05, 0.1) is 18.7 Å². The first-order chi connectivity index (χ1) is 16.8. The van der Waals surface area contributed by atoms with Crippen molar-refractivity contribution in [2.24, 2.45) is 13.0 Å². The van der Waals surface area contributed by atoms with E-state index in [9.17, 15) is 14.4 Å². The number of benzene rings is 2. The zero-order chi connectivity index (χ0) is 25.1. The first-order valence-electron chi connectivity index (χ1n) is 11.4. The van der Waals surface area contributed by atoms with Crippen molar-refractivity contribution in [1.29, 1.82) is 0 Å². The number of alkyl carbamates (subject to hydrolysis) is 1. The quantitative estimate of drug-likeness (QED) is 0.459. The predicted octanol–water partition coefficient (Wildman–Crippen LogP) is 3.30. The molecule has 0 radical (unpaired) electrons. The average Bonchev–Trinajstić information content (AvgIpc) is 3.38. The molecule has 2 aromatic carbocycles. The second-order valence-electron chi connectivity index (χ2n) is 8.71. The Morgan fingerprint density at radius 2 is 1.66 bits per heavy atom. The van der Waals surface area contributed by atoms with Gasteiger partial charge in [0.2, 0.25) is 0 Å². The summed E-state index contributed by atoms with van der Waals surface area (Å²) in [6, 6.07) is 15.6. The molecule has 35 heavy (non-hydrogen) atoms. The van der Waals surface area contributed by atoms with E-state index in [-0.39, 0.29) is 24.8 Å². The van der Waals surface area contributed by atoms with Gasteiger partial charge in [-0.3, -0.25) is 14.3 Å². The van der Waals surface area contributed by atoms with Crippen LogP contribution in [-0.4, -0.2) is 45.5 Å². The largest absolute Gasteiger partial charge is 0.481 e.